The van der Waals surface area contributed by atoms with E-state index in [2.05, 4.69) is 44.2 Å². The number of halogens is 1. The van der Waals surface area contributed by atoms with Crippen molar-refractivity contribution in [2.75, 3.05) is 46.6 Å². The molecule has 9 heteroatoms. The Bertz CT molecular complexity index is 456. The summed E-state index contributed by atoms with van der Waals surface area (Å²) in [5.41, 5.74) is 0. The molecule has 0 aliphatic carbocycles. The molecule has 0 amide bonds. The van der Waals surface area contributed by atoms with Crippen molar-refractivity contribution >= 4 is 29.9 Å². The van der Waals surface area contributed by atoms with Crippen LogP contribution in [-0.4, -0.2) is 67.3 Å². The van der Waals surface area contributed by atoms with Crippen molar-refractivity contribution in [2.45, 2.75) is 39.7 Å². The highest BCUT2D eigenvalue weighted by Crippen LogP contribution is 1.95. The first-order chi connectivity index (χ1) is 11.8. The van der Waals surface area contributed by atoms with Gasteiger partial charge in [-0.15, -0.1) is 34.2 Å². The number of ether oxygens (including phenoxy) is 2. The number of aryl methyl sites for hydroxylation is 1. The molecule has 0 bridgehead atoms. The van der Waals surface area contributed by atoms with Crippen molar-refractivity contribution in [3.63, 3.8) is 0 Å². The van der Waals surface area contributed by atoms with Gasteiger partial charge in [0.05, 0.1) is 13.2 Å². The number of methoxy groups -OCH3 is 1. The Morgan fingerprint density at radius 3 is 2.76 bits per heavy atom. The summed E-state index contributed by atoms with van der Waals surface area (Å²) in [6.07, 6.45) is 4.68. The van der Waals surface area contributed by atoms with Crippen molar-refractivity contribution in [1.29, 1.82) is 0 Å². The van der Waals surface area contributed by atoms with E-state index in [9.17, 15) is 0 Å². The number of aliphatic imine (C=N–C) groups is 1. The summed E-state index contributed by atoms with van der Waals surface area (Å²) in [6.45, 7) is 9.47. The normalized spacial score (nSPS) is 11.2. The fourth-order valence-corrected chi connectivity index (χ4v) is 2.13. The van der Waals surface area contributed by atoms with Crippen LogP contribution in [0.5, 0.6) is 0 Å². The lowest BCUT2D eigenvalue weighted by atomic mass is 10.3. The van der Waals surface area contributed by atoms with Crippen LogP contribution in [0.4, 0.5) is 0 Å². The van der Waals surface area contributed by atoms with E-state index in [0.29, 0.717) is 13.2 Å². The molecule has 1 heterocycles. The fourth-order valence-electron chi connectivity index (χ4n) is 2.13. The van der Waals surface area contributed by atoms with Gasteiger partial charge in [-0.1, -0.05) is 6.92 Å². The molecule has 0 atom stereocenters. The summed E-state index contributed by atoms with van der Waals surface area (Å²) in [5.74, 6) is 1.86. The Morgan fingerprint density at radius 2 is 2.04 bits per heavy atom. The van der Waals surface area contributed by atoms with Gasteiger partial charge in [0.1, 0.15) is 12.2 Å². The summed E-state index contributed by atoms with van der Waals surface area (Å²) in [4.78, 5) is 4.58. The molecule has 0 aliphatic heterocycles. The molecule has 1 aromatic rings. The molecule has 0 spiro atoms. The largest absolute Gasteiger partial charge is 0.382 e. The number of hydrogen-bond donors (Lipinski definition) is 2. The molecular weight excluding hydrogens is 435 g/mol. The van der Waals surface area contributed by atoms with Crippen molar-refractivity contribution < 1.29 is 9.47 Å². The van der Waals surface area contributed by atoms with Gasteiger partial charge in [-0.3, -0.25) is 4.99 Å². The van der Waals surface area contributed by atoms with Crippen molar-refractivity contribution in [3.05, 3.63) is 12.2 Å². The average Bonchev–Trinajstić information content (AvgIpc) is 3.04. The Morgan fingerprint density at radius 1 is 1.20 bits per heavy atom. The second-order valence-electron chi connectivity index (χ2n) is 5.29. The minimum absolute atomic E-state index is 0. The second kappa shape index (κ2) is 16.5. The number of unbranched alkanes of at least 4 members (excludes halogenated alkanes) is 1. The van der Waals surface area contributed by atoms with Gasteiger partial charge in [0.2, 0.25) is 0 Å². The maximum Gasteiger partial charge on any atom is 0.191 e. The van der Waals surface area contributed by atoms with Crippen LogP contribution in [0.1, 0.15) is 32.5 Å². The molecule has 0 saturated carbocycles. The SMILES string of the molecule is CCNC(=NCCCCOCCOC)NCCn1cnnc1CC.I. The molecule has 0 aromatic carbocycles. The number of nitrogens with zero attached hydrogens (tertiary/aromatic N) is 4. The molecule has 0 fully saturated rings. The molecule has 0 unspecified atom stereocenters. The van der Waals surface area contributed by atoms with E-state index in [4.69, 9.17) is 9.47 Å². The van der Waals surface area contributed by atoms with Gasteiger partial charge in [-0.2, -0.15) is 0 Å². The monoisotopic (exact) mass is 468 g/mol. The van der Waals surface area contributed by atoms with Crippen LogP contribution < -0.4 is 10.6 Å². The highest BCUT2D eigenvalue weighted by atomic mass is 127. The van der Waals surface area contributed by atoms with Gasteiger partial charge in [0.25, 0.3) is 0 Å². The van der Waals surface area contributed by atoms with Crippen LogP contribution in [0, 0.1) is 0 Å². The van der Waals surface area contributed by atoms with E-state index in [1.165, 1.54) is 0 Å². The van der Waals surface area contributed by atoms with E-state index < -0.39 is 0 Å². The van der Waals surface area contributed by atoms with Crippen LogP contribution in [0.3, 0.4) is 0 Å². The summed E-state index contributed by atoms with van der Waals surface area (Å²) in [6, 6.07) is 0. The minimum atomic E-state index is 0. The Labute approximate surface area is 168 Å². The maximum absolute atomic E-state index is 5.44. The van der Waals surface area contributed by atoms with Crippen LogP contribution >= 0.6 is 24.0 Å². The summed E-state index contributed by atoms with van der Waals surface area (Å²) in [7, 11) is 1.68. The third-order valence-electron chi connectivity index (χ3n) is 3.40. The molecule has 0 aliphatic rings. The third-order valence-corrected chi connectivity index (χ3v) is 3.40. The zero-order valence-corrected chi connectivity index (χ0v) is 18.0. The van der Waals surface area contributed by atoms with Gasteiger partial charge >= 0.3 is 0 Å². The molecule has 25 heavy (non-hydrogen) atoms. The van der Waals surface area contributed by atoms with Gasteiger partial charge in [0.15, 0.2) is 5.96 Å². The third kappa shape index (κ3) is 11.3. The number of aromatic nitrogens is 3. The molecule has 1 aromatic heterocycles. The average molecular weight is 468 g/mol. The van der Waals surface area contributed by atoms with E-state index in [1.807, 2.05) is 0 Å². The predicted molar refractivity (Wildman–Crippen MR) is 111 cm³/mol. The molecule has 0 radical (unpaired) electrons. The Hall–Kier alpha value is -0.940. The minimum Gasteiger partial charge on any atom is -0.382 e. The first-order valence-corrected chi connectivity index (χ1v) is 8.77. The smallest absolute Gasteiger partial charge is 0.191 e. The van der Waals surface area contributed by atoms with Crippen molar-refractivity contribution in [2.24, 2.45) is 4.99 Å². The molecular formula is C16H33IN6O2. The van der Waals surface area contributed by atoms with E-state index >= 15 is 0 Å². The number of hydrogen-bond acceptors (Lipinski definition) is 5. The van der Waals surface area contributed by atoms with Crippen LogP contribution in [0.15, 0.2) is 11.3 Å². The molecule has 0 saturated heterocycles. The van der Waals surface area contributed by atoms with Crippen LogP contribution in [-0.2, 0) is 22.4 Å². The zero-order valence-electron chi connectivity index (χ0n) is 15.7. The lowest BCUT2D eigenvalue weighted by molar-refractivity contribution is 0.0690. The highest BCUT2D eigenvalue weighted by Gasteiger charge is 2.02. The standard InChI is InChI=1S/C16H32N6O2.HI/c1-4-15-21-20-14-22(15)10-9-19-16(17-5-2)18-8-6-7-11-24-13-12-23-3;/h14H,4-13H2,1-3H3,(H2,17,18,19);1H. The summed E-state index contributed by atoms with van der Waals surface area (Å²) < 4.78 is 12.4. The molecule has 1 rings (SSSR count). The summed E-state index contributed by atoms with van der Waals surface area (Å²) >= 11 is 0. The first-order valence-electron chi connectivity index (χ1n) is 8.77. The Balaban J connectivity index is 0.00000576. The topological polar surface area (TPSA) is 85.6 Å². The molecule has 146 valence electrons. The lowest BCUT2D eigenvalue weighted by Crippen LogP contribution is -2.39. The number of guanidine groups is 1. The van der Waals surface area contributed by atoms with E-state index in [1.54, 1.807) is 13.4 Å². The molecule has 8 nitrogen and oxygen atoms in total. The first kappa shape index (κ1) is 24.1. The Kier molecular flexibility index (Phi) is 15.9. The lowest BCUT2D eigenvalue weighted by Gasteiger charge is -2.12. The summed E-state index contributed by atoms with van der Waals surface area (Å²) in [5, 5.41) is 14.6. The zero-order chi connectivity index (χ0) is 17.5. The van der Waals surface area contributed by atoms with E-state index in [0.717, 1.165) is 63.8 Å². The number of nitrogens with one attached hydrogen (secondary N) is 2. The highest BCUT2D eigenvalue weighted by molar-refractivity contribution is 14.0. The maximum atomic E-state index is 5.44. The number of rotatable bonds is 13. The second-order valence-corrected chi connectivity index (χ2v) is 5.29. The van der Waals surface area contributed by atoms with E-state index in [-0.39, 0.29) is 24.0 Å². The van der Waals surface area contributed by atoms with Crippen LogP contribution in [0.2, 0.25) is 0 Å². The quantitative estimate of drug-likeness (QED) is 0.197. The predicted octanol–water partition coefficient (Wildman–Crippen LogP) is 1.46. The van der Waals surface area contributed by atoms with Gasteiger partial charge < -0.3 is 24.7 Å². The molecule has 2 N–H and O–H groups in total. The van der Waals surface area contributed by atoms with Gasteiger partial charge in [-0.05, 0) is 19.8 Å². The van der Waals surface area contributed by atoms with Crippen molar-refractivity contribution in [3.8, 4) is 0 Å². The van der Waals surface area contributed by atoms with Crippen LogP contribution in [0.25, 0.3) is 0 Å². The van der Waals surface area contributed by atoms with Gasteiger partial charge in [0, 0.05) is 46.3 Å². The van der Waals surface area contributed by atoms with Crippen molar-refractivity contribution in [1.82, 2.24) is 25.4 Å². The van der Waals surface area contributed by atoms with Gasteiger partial charge in [-0.25, -0.2) is 0 Å². The fraction of sp³-hybridized carbons (Fsp3) is 0.812.